The largest absolute Gasteiger partial charge is 0.376 e. The van der Waals surface area contributed by atoms with Crippen LogP contribution in [0.2, 0.25) is 0 Å². The molecule has 3 nitrogen and oxygen atoms in total. The highest BCUT2D eigenvalue weighted by molar-refractivity contribution is 5.84. The fourth-order valence-electron chi connectivity index (χ4n) is 3.50. The van der Waals surface area contributed by atoms with Crippen LogP contribution in [0.5, 0.6) is 0 Å². The van der Waals surface area contributed by atoms with Crippen LogP contribution in [0.25, 0.3) is 10.9 Å². The van der Waals surface area contributed by atoms with Gasteiger partial charge in [0.15, 0.2) is 0 Å². The Hall–Kier alpha value is -1.32. The maximum absolute atomic E-state index is 10.2. The van der Waals surface area contributed by atoms with Crippen molar-refractivity contribution >= 4 is 10.9 Å². The third-order valence-electron chi connectivity index (χ3n) is 4.82. The number of aromatic nitrogens is 1. The smallest absolute Gasteiger partial charge is 0.125 e. The standard InChI is InChI=1S/C18H26N2O/c1-19(2)18(21)13-20-12-16(14-8-4-3-5-9-14)15-10-6-7-11-17(15)20/h6-7,10-12,14,18,21H,3-5,8-9,13H2,1-2H3. The maximum Gasteiger partial charge on any atom is 0.125 e. The van der Waals surface area contributed by atoms with E-state index < -0.39 is 6.23 Å². The van der Waals surface area contributed by atoms with Crippen molar-refractivity contribution in [2.45, 2.75) is 50.8 Å². The molecule has 1 aliphatic carbocycles. The molecule has 1 fully saturated rings. The Balaban J connectivity index is 1.97. The van der Waals surface area contributed by atoms with Gasteiger partial charge in [0, 0.05) is 17.1 Å². The number of nitrogens with zero attached hydrogens (tertiary/aromatic N) is 2. The summed E-state index contributed by atoms with van der Waals surface area (Å²) in [6.45, 7) is 0.625. The molecule has 2 aromatic rings. The van der Waals surface area contributed by atoms with E-state index in [1.807, 2.05) is 19.0 Å². The fraction of sp³-hybridized carbons (Fsp3) is 0.556. The van der Waals surface area contributed by atoms with E-state index in [1.165, 1.54) is 48.6 Å². The molecular formula is C18H26N2O. The summed E-state index contributed by atoms with van der Waals surface area (Å²) in [5.41, 5.74) is 2.73. The third kappa shape index (κ3) is 2.99. The van der Waals surface area contributed by atoms with Crippen molar-refractivity contribution in [3.63, 3.8) is 0 Å². The molecule has 0 saturated heterocycles. The van der Waals surface area contributed by atoms with Crippen LogP contribution in [-0.2, 0) is 6.54 Å². The summed E-state index contributed by atoms with van der Waals surface area (Å²) in [6, 6.07) is 8.62. The summed E-state index contributed by atoms with van der Waals surface area (Å²) in [5, 5.41) is 11.5. The van der Waals surface area contributed by atoms with E-state index in [0.29, 0.717) is 12.5 Å². The minimum absolute atomic E-state index is 0.444. The second-order valence-electron chi connectivity index (χ2n) is 6.53. The van der Waals surface area contributed by atoms with Gasteiger partial charge in [0.25, 0.3) is 0 Å². The predicted octanol–water partition coefficient (Wildman–Crippen LogP) is 3.57. The van der Waals surface area contributed by atoms with Gasteiger partial charge in [0.05, 0.1) is 6.54 Å². The molecule has 1 N–H and O–H groups in total. The lowest BCUT2D eigenvalue weighted by atomic mass is 9.84. The molecular weight excluding hydrogens is 260 g/mol. The first kappa shape index (κ1) is 14.6. The summed E-state index contributed by atoms with van der Waals surface area (Å²) in [5.74, 6) is 0.696. The molecule has 3 rings (SSSR count). The van der Waals surface area contributed by atoms with Crippen LogP contribution >= 0.6 is 0 Å². The van der Waals surface area contributed by atoms with Crippen LogP contribution in [0.1, 0.15) is 43.6 Å². The monoisotopic (exact) mass is 286 g/mol. The highest BCUT2D eigenvalue weighted by Gasteiger charge is 2.21. The number of hydrogen-bond acceptors (Lipinski definition) is 2. The first-order valence-electron chi connectivity index (χ1n) is 8.09. The molecule has 0 spiro atoms. The van der Waals surface area contributed by atoms with Crippen LogP contribution in [0, 0.1) is 0 Å². The highest BCUT2D eigenvalue weighted by Crippen LogP contribution is 2.37. The zero-order valence-corrected chi connectivity index (χ0v) is 13.1. The zero-order valence-electron chi connectivity index (χ0n) is 13.1. The van der Waals surface area contributed by atoms with E-state index >= 15 is 0 Å². The Bertz CT molecular complexity index is 596. The number of para-hydroxylation sites is 1. The van der Waals surface area contributed by atoms with Crippen molar-refractivity contribution in [3.05, 3.63) is 36.0 Å². The van der Waals surface area contributed by atoms with E-state index in [9.17, 15) is 5.11 Å². The maximum atomic E-state index is 10.2. The lowest BCUT2D eigenvalue weighted by Gasteiger charge is -2.21. The molecule has 0 aliphatic heterocycles. The molecule has 0 amide bonds. The van der Waals surface area contributed by atoms with Crippen LogP contribution in [-0.4, -0.2) is 34.9 Å². The highest BCUT2D eigenvalue weighted by atomic mass is 16.3. The van der Waals surface area contributed by atoms with Gasteiger partial charge in [-0.2, -0.15) is 0 Å². The summed E-state index contributed by atoms with van der Waals surface area (Å²) >= 11 is 0. The Kier molecular flexibility index (Phi) is 4.32. The topological polar surface area (TPSA) is 28.4 Å². The van der Waals surface area contributed by atoms with Crippen LogP contribution < -0.4 is 0 Å². The molecule has 3 heteroatoms. The van der Waals surface area contributed by atoms with Crippen LogP contribution in [0.4, 0.5) is 0 Å². The molecule has 1 saturated carbocycles. The van der Waals surface area contributed by atoms with Gasteiger partial charge in [0.1, 0.15) is 6.23 Å². The van der Waals surface area contributed by atoms with Crippen molar-refractivity contribution in [1.29, 1.82) is 0 Å². The number of hydrogen-bond donors (Lipinski definition) is 1. The zero-order chi connectivity index (χ0) is 14.8. The summed E-state index contributed by atoms with van der Waals surface area (Å²) in [4.78, 5) is 1.86. The van der Waals surface area contributed by atoms with E-state index in [1.54, 1.807) is 0 Å². The SMILES string of the molecule is CN(C)C(O)Cn1cc(C2CCCCC2)c2ccccc21. The average molecular weight is 286 g/mol. The Morgan fingerprint density at radius 2 is 1.90 bits per heavy atom. The average Bonchev–Trinajstić information content (AvgIpc) is 2.87. The molecule has 0 radical (unpaired) electrons. The fourth-order valence-corrected chi connectivity index (χ4v) is 3.50. The second-order valence-corrected chi connectivity index (χ2v) is 6.53. The van der Waals surface area contributed by atoms with Crippen LogP contribution in [0.15, 0.2) is 30.5 Å². The van der Waals surface area contributed by atoms with E-state index in [-0.39, 0.29) is 0 Å². The predicted molar refractivity (Wildman–Crippen MR) is 87.5 cm³/mol. The molecule has 1 atom stereocenters. The van der Waals surface area contributed by atoms with E-state index in [0.717, 1.165) is 0 Å². The minimum Gasteiger partial charge on any atom is -0.376 e. The van der Waals surface area contributed by atoms with Crippen molar-refractivity contribution in [3.8, 4) is 0 Å². The molecule has 114 valence electrons. The third-order valence-corrected chi connectivity index (χ3v) is 4.82. The summed E-state index contributed by atoms with van der Waals surface area (Å²) < 4.78 is 2.23. The number of rotatable bonds is 4. The Morgan fingerprint density at radius 1 is 1.19 bits per heavy atom. The molecule has 21 heavy (non-hydrogen) atoms. The Labute approximate surface area is 127 Å². The molecule has 1 unspecified atom stereocenters. The quantitative estimate of drug-likeness (QED) is 0.870. The minimum atomic E-state index is -0.444. The van der Waals surface area contributed by atoms with E-state index in [2.05, 4.69) is 35.0 Å². The molecule has 1 aliphatic rings. The van der Waals surface area contributed by atoms with Gasteiger partial charge in [-0.05, 0) is 44.5 Å². The van der Waals surface area contributed by atoms with Gasteiger partial charge in [0.2, 0.25) is 0 Å². The number of aliphatic hydroxyl groups excluding tert-OH is 1. The van der Waals surface area contributed by atoms with Crippen molar-refractivity contribution in [1.82, 2.24) is 9.47 Å². The first-order valence-corrected chi connectivity index (χ1v) is 8.09. The van der Waals surface area contributed by atoms with Gasteiger partial charge < -0.3 is 9.67 Å². The lowest BCUT2D eigenvalue weighted by Crippen LogP contribution is -2.31. The first-order chi connectivity index (χ1) is 10.2. The molecule has 1 aromatic carbocycles. The van der Waals surface area contributed by atoms with Gasteiger partial charge >= 0.3 is 0 Å². The number of aliphatic hydroxyl groups is 1. The number of fused-ring (bicyclic) bond motifs is 1. The lowest BCUT2D eigenvalue weighted by molar-refractivity contribution is 0.0270. The number of likely N-dealkylation sites (N-methyl/N-ethyl adjacent to an activating group) is 1. The van der Waals surface area contributed by atoms with Gasteiger partial charge in [-0.15, -0.1) is 0 Å². The molecule has 1 heterocycles. The normalized spacial score (nSPS) is 18.5. The van der Waals surface area contributed by atoms with Crippen molar-refractivity contribution in [2.75, 3.05) is 14.1 Å². The van der Waals surface area contributed by atoms with Crippen molar-refractivity contribution in [2.24, 2.45) is 0 Å². The molecule has 0 bridgehead atoms. The Morgan fingerprint density at radius 3 is 2.62 bits per heavy atom. The van der Waals surface area contributed by atoms with Gasteiger partial charge in [-0.1, -0.05) is 37.5 Å². The van der Waals surface area contributed by atoms with Crippen LogP contribution in [0.3, 0.4) is 0 Å². The summed E-state index contributed by atoms with van der Waals surface area (Å²) in [6.07, 6.45) is 8.55. The summed E-state index contributed by atoms with van der Waals surface area (Å²) in [7, 11) is 3.83. The van der Waals surface area contributed by atoms with Crippen molar-refractivity contribution < 1.29 is 5.11 Å². The second kappa shape index (κ2) is 6.20. The molecule has 1 aromatic heterocycles. The number of benzene rings is 1. The van der Waals surface area contributed by atoms with E-state index in [4.69, 9.17) is 0 Å². The van der Waals surface area contributed by atoms with Gasteiger partial charge in [-0.25, -0.2) is 0 Å². The van der Waals surface area contributed by atoms with Gasteiger partial charge in [-0.3, -0.25) is 4.90 Å².